The fraction of sp³-hybridized carbons (Fsp3) is 0.500. The highest BCUT2D eigenvalue weighted by Gasteiger charge is 2.41. The van der Waals surface area contributed by atoms with Gasteiger partial charge in [-0.2, -0.15) is 0 Å². The maximum atomic E-state index is 12.3. The topological polar surface area (TPSA) is 64.2 Å². The van der Waals surface area contributed by atoms with Crippen LogP contribution in [0.5, 0.6) is 0 Å². The summed E-state index contributed by atoms with van der Waals surface area (Å²) in [6.45, 7) is 16.3. The van der Waals surface area contributed by atoms with E-state index in [1.54, 1.807) is 12.1 Å². The standard InChI is InChI=1S/C20H28N4O.C7H7F.C5H10/c1-13(2)18-17(15-8-6-14(3)7-9-15)22-19-20(4,5)24(16(25)12-21)11-10-23(18)19;1-6-2-4-7(8)5-3-6;1-5-3-2-4-5/h6-9,13H,10-12,21H2,1-5H3;2-5H,1H3;5H,2-4H2,1H3. The molecule has 2 N–H and O–H groups in total. The van der Waals surface area contributed by atoms with E-state index < -0.39 is 5.54 Å². The maximum absolute atomic E-state index is 12.3. The van der Waals surface area contributed by atoms with E-state index in [4.69, 9.17) is 10.7 Å². The van der Waals surface area contributed by atoms with E-state index in [0.717, 1.165) is 35.1 Å². The lowest BCUT2D eigenvalue weighted by atomic mass is 9.88. The molecule has 0 radical (unpaired) electrons. The minimum Gasteiger partial charge on any atom is -0.327 e. The number of imidazole rings is 1. The number of nitrogens with zero attached hydrogens (tertiary/aromatic N) is 3. The summed E-state index contributed by atoms with van der Waals surface area (Å²) in [5, 5.41) is 0. The first-order valence-corrected chi connectivity index (χ1v) is 13.9. The van der Waals surface area contributed by atoms with E-state index >= 15 is 0 Å². The highest BCUT2D eigenvalue weighted by molar-refractivity contribution is 5.79. The molecule has 1 aromatic heterocycles. The van der Waals surface area contributed by atoms with E-state index in [9.17, 15) is 9.18 Å². The quantitative estimate of drug-likeness (QED) is 0.406. The van der Waals surface area contributed by atoms with Crippen molar-refractivity contribution in [3.8, 4) is 11.3 Å². The van der Waals surface area contributed by atoms with E-state index in [-0.39, 0.29) is 18.3 Å². The predicted molar refractivity (Wildman–Crippen MR) is 154 cm³/mol. The number of aryl methyl sites for hydroxylation is 2. The van der Waals surface area contributed by atoms with E-state index in [0.29, 0.717) is 12.5 Å². The highest BCUT2D eigenvalue weighted by atomic mass is 19.1. The van der Waals surface area contributed by atoms with Crippen LogP contribution in [0, 0.1) is 25.6 Å². The summed E-state index contributed by atoms with van der Waals surface area (Å²) in [6.07, 6.45) is 4.46. The fourth-order valence-electron chi connectivity index (χ4n) is 4.96. The number of nitrogens with two attached hydrogens (primary N) is 1. The molecule has 2 aliphatic rings. The van der Waals surface area contributed by atoms with E-state index in [1.807, 2.05) is 11.8 Å². The number of halogens is 1. The van der Waals surface area contributed by atoms with Gasteiger partial charge in [0.2, 0.25) is 5.91 Å². The van der Waals surface area contributed by atoms with Gasteiger partial charge in [0.05, 0.1) is 17.8 Å². The SMILES string of the molecule is CC1CCC1.Cc1ccc(-c2nc3n(c2C(C)C)CCN(C(=O)CN)C3(C)C)cc1.Cc1ccc(F)cc1. The molecule has 2 heterocycles. The Bertz CT molecular complexity index is 1170. The maximum Gasteiger partial charge on any atom is 0.237 e. The van der Waals surface area contributed by atoms with Crippen LogP contribution in [0.4, 0.5) is 4.39 Å². The van der Waals surface area contributed by atoms with Gasteiger partial charge >= 0.3 is 0 Å². The Balaban J connectivity index is 0.000000250. The summed E-state index contributed by atoms with van der Waals surface area (Å²) < 4.78 is 14.4. The molecule has 0 unspecified atom stereocenters. The number of hydrogen-bond donors (Lipinski definition) is 1. The molecule has 1 aliphatic carbocycles. The lowest BCUT2D eigenvalue weighted by Gasteiger charge is -2.42. The largest absolute Gasteiger partial charge is 0.327 e. The second kappa shape index (κ2) is 12.7. The van der Waals surface area contributed by atoms with Gasteiger partial charge in [0, 0.05) is 24.3 Å². The van der Waals surface area contributed by atoms with Crippen LogP contribution in [-0.2, 0) is 16.9 Å². The minimum absolute atomic E-state index is 0.0257. The number of amides is 1. The van der Waals surface area contributed by atoms with Gasteiger partial charge in [-0.25, -0.2) is 9.37 Å². The second-order valence-electron chi connectivity index (χ2n) is 11.5. The molecule has 1 fully saturated rings. The van der Waals surface area contributed by atoms with Crippen molar-refractivity contribution < 1.29 is 9.18 Å². The van der Waals surface area contributed by atoms with Gasteiger partial charge in [0.15, 0.2) is 0 Å². The zero-order valence-electron chi connectivity index (χ0n) is 24.2. The number of carbonyl (C=O) groups excluding carboxylic acids is 1. The van der Waals surface area contributed by atoms with Gasteiger partial charge in [0.1, 0.15) is 11.6 Å². The Kier molecular flexibility index (Phi) is 9.88. The van der Waals surface area contributed by atoms with Gasteiger partial charge in [-0.3, -0.25) is 4.79 Å². The van der Waals surface area contributed by atoms with Gasteiger partial charge in [-0.1, -0.05) is 87.6 Å². The predicted octanol–water partition coefficient (Wildman–Crippen LogP) is 6.96. The van der Waals surface area contributed by atoms with E-state index in [1.165, 1.54) is 42.7 Å². The summed E-state index contributed by atoms with van der Waals surface area (Å²) in [5.74, 6) is 2.16. The number of rotatable bonds is 3. The van der Waals surface area contributed by atoms with Gasteiger partial charge < -0.3 is 15.2 Å². The van der Waals surface area contributed by atoms with Crippen LogP contribution in [0.3, 0.4) is 0 Å². The van der Waals surface area contributed by atoms with Crippen LogP contribution in [0.1, 0.15) is 82.4 Å². The van der Waals surface area contributed by atoms with Crippen molar-refractivity contribution in [1.29, 1.82) is 0 Å². The molecule has 0 saturated heterocycles. The van der Waals surface area contributed by atoms with E-state index in [2.05, 4.69) is 70.4 Å². The van der Waals surface area contributed by atoms with Crippen LogP contribution in [0.25, 0.3) is 11.3 Å². The molecule has 0 atom stereocenters. The van der Waals surface area contributed by atoms with Crippen LogP contribution in [0.15, 0.2) is 48.5 Å². The molecule has 206 valence electrons. The first-order chi connectivity index (χ1) is 17.9. The lowest BCUT2D eigenvalue weighted by Crippen LogP contribution is -2.53. The Labute approximate surface area is 228 Å². The zero-order chi connectivity index (χ0) is 28.0. The summed E-state index contributed by atoms with van der Waals surface area (Å²) in [7, 11) is 0. The summed E-state index contributed by atoms with van der Waals surface area (Å²) in [5.41, 5.74) is 10.9. The molecule has 0 spiro atoms. The van der Waals surface area contributed by atoms with Crippen LogP contribution in [0.2, 0.25) is 0 Å². The van der Waals surface area contributed by atoms with Gasteiger partial charge in [-0.05, 0) is 51.7 Å². The third-order valence-electron chi connectivity index (χ3n) is 7.53. The Morgan fingerprint density at radius 2 is 1.55 bits per heavy atom. The summed E-state index contributed by atoms with van der Waals surface area (Å²) in [6, 6.07) is 14.9. The lowest BCUT2D eigenvalue weighted by molar-refractivity contribution is -0.137. The van der Waals surface area contributed by atoms with Crippen LogP contribution in [-0.4, -0.2) is 33.4 Å². The average Bonchev–Trinajstić information content (AvgIpc) is 3.27. The normalized spacial score (nSPS) is 16.0. The average molecular weight is 521 g/mol. The van der Waals surface area contributed by atoms with Crippen molar-refractivity contribution in [2.24, 2.45) is 11.7 Å². The number of fused-ring (bicyclic) bond motifs is 1. The van der Waals surface area contributed by atoms with Gasteiger partial charge in [0.25, 0.3) is 0 Å². The molecule has 3 aromatic rings. The molecule has 1 aliphatic heterocycles. The number of carbonyl (C=O) groups is 1. The molecule has 6 heteroatoms. The molecule has 5 nitrogen and oxygen atoms in total. The molecule has 0 bridgehead atoms. The second-order valence-corrected chi connectivity index (χ2v) is 11.5. The molecular formula is C32H45FN4O. The number of benzene rings is 2. The molecule has 2 aromatic carbocycles. The van der Waals surface area contributed by atoms with Gasteiger partial charge in [-0.15, -0.1) is 0 Å². The molecule has 5 rings (SSSR count). The smallest absolute Gasteiger partial charge is 0.237 e. The van der Waals surface area contributed by atoms with Crippen molar-refractivity contribution in [3.05, 3.63) is 77.0 Å². The molecular weight excluding hydrogens is 475 g/mol. The monoisotopic (exact) mass is 520 g/mol. The van der Waals surface area contributed by atoms with Crippen molar-refractivity contribution in [2.45, 2.75) is 85.7 Å². The van der Waals surface area contributed by atoms with Crippen LogP contribution >= 0.6 is 0 Å². The first-order valence-electron chi connectivity index (χ1n) is 13.9. The zero-order valence-corrected chi connectivity index (χ0v) is 24.2. The van der Waals surface area contributed by atoms with Crippen molar-refractivity contribution >= 4 is 5.91 Å². The molecule has 38 heavy (non-hydrogen) atoms. The Morgan fingerprint density at radius 1 is 1.03 bits per heavy atom. The highest BCUT2D eigenvalue weighted by Crippen LogP contribution is 2.38. The molecule has 1 saturated carbocycles. The minimum atomic E-state index is -0.471. The third kappa shape index (κ3) is 6.90. The Morgan fingerprint density at radius 3 is 1.97 bits per heavy atom. The molecule has 1 amide bonds. The summed E-state index contributed by atoms with van der Waals surface area (Å²) in [4.78, 5) is 19.2. The summed E-state index contributed by atoms with van der Waals surface area (Å²) >= 11 is 0. The Hall–Kier alpha value is -2.99. The van der Waals surface area contributed by atoms with Crippen LogP contribution < -0.4 is 5.73 Å². The van der Waals surface area contributed by atoms with Crippen molar-refractivity contribution in [1.82, 2.24) is 14.5 Å². The third-order valence-corrected chi connectivity index (χ3v) is 7.53. The van der Waals surface area contributed by atoms with Crippen molar-refractivity contribution in [3.63, 3.8) is 0 Å². The number of hydrogen-bond acceptors (Lipinski definition) is 3. The fourth-order valence-corrected chi connectivity index (χ4v) is 4.96. The van der Waals surface area contributed by atoms with Crippen molar-refractivity contribution in [2.75, 3.05) is 13.1 Å². The first kappa shape index (κ1) is 29.6. The number of aromatic nitrogens is 2.